The van der Waals surface area contributed by atoms with Gasteiger partial charge >= 0.3 is 6.03 Å². The molecular weight excluding hydrogens is 314 g/mol. The number of fused-ring (bicyclic) bond motifs is 1. The van der Waals surface area contributed by atoms with Gasteiger partial charge in [0.25, 0.3) is 0 Å². The summed E-state index contributed by atoms with van der Waals surface area (Å²) in [4.78, 5) is 25.9. The molecule has 2 fully saturated rings. The number of nitrogens with zero attached hydrogens (tertiary/aromatic N) is 1. The number of urea groups is 1. The van der Waals surface area contributed by atoms with Crippen molar-refractivity contribution in [1.82, 2.24) is 15.5 Å². The maximum Gasteiger partial charge on any atom is 0.315 e. The number of benzene rings is 2. The molecule has 0 spiro atoms. The third-order valence-electron chi connectivity index (χ3n) is 5.04. The van der Waals surface area contributed by atoms with E-state index in [-0.39, 0.29) is 17.9 Å². The van der Waals surface area contributed by atoms with Crippen LogP contribution in [-0.2, 0) is 11.3 Å². The highest BCUT2D eigenvalue weighted by Crippen LogP contribution is 2.32. The van der Waals surface area contributed by atoms with E-state index in [4.69, 9.17) is 0 Å². The molecule has 1 unspecified atom stereocenters. The first-order valence-corrected chi connectivity index (χ1v) is 8.98. The monoisotopic (exact) mass is 337 g/mol. The highest BCUT2D eigenvalue weighted by atomic mass is 16.2. The Morgan fingerprint density at radius 2 is 1.88 bits per heavy atom. The van der Waals surface area contributed by atoms with Gasteiger partial charge in [-0.25, -0.2) is 4.79 Å². The van der Waals surface area contributed by atoms with Crippen LogP contribution in [0.3, 0.4) is 0 Å². The van der Waals surface area contributed by atoms with E-state index in [9.17, 15) is 9.59 Å². The molecule has 2 aromatic carbocycles. The van der Waals surface area contributed by atoms with E-state index in [0.29, 0.717) is 25.6 Å². The topological polar surface area (TPSA) is 61.4 Å². The number of hydrogen-bond acceptors (Lipinski definition) is 2. The van der Waals surface area contributed by atoms with Crippen molar-refractivity contribution in [3.05, 3.63) is 48.0 Å². The third kappa shape index (κ3) is 3.76. The van der Waals surface area contributed by atoms with Crippen LogP contribution in [0.15, 0.2) is 42.5 Å². The van der Waals surface area contributed by atoms with Crippen LogP contribution in [0.4, 0.5) is 4.79 Å². The molecule has 4 rings (SSSR count). The minimum atomic E-state index is -0.175. The van der Waals surface area contributed by atoms with Crippen molar-refractivity contribution < 1.29 is 9.59 Å². The van der Waals surface area contributed by atoms with Gasteiger partial charge in [-0.1, -0.05) is 36.4 Å². The van der Waals surface area contributed by atoms with Crippen molar-refractivity contribution in [3.63, 3.8) is 0 Å². The summed E-state index contributed by atoms with van der Waals surface area (Å²) in [6.45, 7) is 1.83. The number of hydrogen-bond donors (Lipinski definition) is 2. The van der Waals surface area contributed by atoms with Gasteiger partial charge in [0.1, 0.15) is 0 Å². The fourth-order valence-corrected chi connectivity index (χ4v) is 3.51. The van der Waals surface area contributed by atoms with Crippen LogP contribution in [0.5, 0.6) is 0 Å². The molecule has 2 aromatic rings. The van der Waals surface area contributed by atoms with Crippen LogP contribution < -0.4 is 10.6 Å². The summed E-state index contributed by atoms with van der Waals surface area (Å²) in [5.41, 5.74) is 1.07. The Labute approximate surface area is 147 Å². The number of likely N-dealkylation sites (tertiary alicyclic amines) is 1. The largest absolute Gasteiger partial charge is 0.339 e. The van der Waals surface area contributed by atoms with Crippen molar-refractivity contribution in [3.8, 4) is 0 Å². The molecule has 1 saturated heterocycles. The van der Waals surface area contributed by atoms with Gasteiger partial charge < -0.3 is 15.5 Å². The highest BCUT2D eigenvalue weighted by molar-refractivity contribution is 5.83. The fraction of sp³-hybridized carbons (Fsp3) is 0.400. The molecule has 1 atom stereocenters. The number of nitrogens with one attached hydrogen (secondary N) is 2. The molecule has 25 heavy (non-hydrogen) atoms. The van der Waals surface area contributed by atoms with Crippen LogP contribution in [0.2, 0.25) is 0 Å². The van der Waals surface area contributed by atoms with E-state index in [1.54, 1.807) is 0 Å². The van der Waals surface area contributed by atoms with Gasteiger partial charge in [-0.3, -0.25) is 4.79 Å². The normalized spacial score (nSPS) is 20.1. The predicted octanol–water partition coefficient (Wildman–Crippen LogP) is 2.65. The number of amides is 3. The van der Waals surface area contributed by atoms with Crippen molar-refractivity contribution in [1.29, 1.82) is 0 Å². The summed E-state index contributed by atoms with van der Waals surface area (Å²) in [6, 6.07) is 14.7. The van der Waals surface area contributed by atoms with Gasteiger partial charge in [-0.05, 0) is 35.2 Å². The van der Waals surface area contributed by atoms with Crippen molar-refractivity contribution in [2.45, 2.75) is 31.8 Å². The molecule has 0 aromatic heterocycles. The minimum Gasteiger partial charge on any atom is -0.339 e. The van der Waals surface area contributed by atoms with E-state index in [2.05, 4.69) is 34.9 Å². The van der Waals surface area contributed by atoms with E-state index in [1.165, 1.54) is 10.8 Å². The Bertz CT molecular complexity index is 800. The highest BCUT2D eigenvalue weighted by Gasteiger charge is 2.39. The smallest absolute Gasteiger partial charge is 0.315 e. The van der Waals surface area contributed by atoms with Crippen LogP contribution in [0.1, 0.15) is 24.8 Å². The Hall–Kier alpha value is -2.56. The summed E-state index contributed by atoms with van der Waals surface area (Å²) < 4.78 is 0. The average Bonchev–Trinajstić information content (AvgIpc) is 3.40. The van der Waals surface area contributed by atoms with Gasteiger partial charge in [0.05, 0.1) is 0 Å². The molecule has 1 aliphatic heterocycles. The molecule has 2 aliphatic rings. The van der Waals surface area contributed by atoms with E-state index in [0.717, 1.165) is 24.9 Å². The Kier molecular flexibility index (Phi) is 4.30. The lowest BCUT2D eigenvalue weighted by molar-refractivity contribution is -0.128. The maximum atomic E-state index is 12.0. The van der Waals surface area contributed by atoms with Crippen LogP contribution in [0, 0.1) is 5.92 Å². The third-order valence-corrected chi connectivity index (χ3v) is 5.04. The molecule has 0 bridgehead atoms. The maximum absolute atomic E-state index is 12.0. The number of rotatable bonds is 5. The quantitative estimate of drug-likeness (QED) is 0.881. The minimum absolute atomic E-state index is 0.175. The lowest BCUT2D eigenvalue weighted by atomic mass is 10.1. The first-order valence-electron chi connectivity index (χ1n) is 8.98. The number of carbonyl (C=O) groups is 2. The molecule has 5 heteroatoms. The Morgan fingerprint density at radius 1 is 1.08 bits per heavy atom. The van der Waals surface area contributed by atoms with Crippen molar-refractivity contribution in [2.24, 2.45) is 5.92 Å². The summed E-state index contributed by atoms with van der Waals surface area (Å²) in [6.07, 6.45) is 2.83. The molecule has 1 heterocycles. The fourth-order valence-electron chi connectivity index (χ4n) is 3.51. The molecule has 3 amide bonds. The summed E-state index contributed by atoms with van der Waals surface area (Å²) in [5.74, 6) is 0.477. The zero-order valence-electron chi connectivity index (χ0n) is 14.2. The van der Waals surface area contributed by atoms with Gasteiger partial charge in [-0.2, -0.15) is 0 Å². The van der Waals surface area contributed by atoms with Crippen LogP contribution in [-0.4, -0.2) is 36.0 Å². The molecule has 130 valence electrons. The second-order valence-electron chi connectivity index (χ2n) is 7.09. The molecule has 1 aliphatic carbocycles. The van der Waals surface area contributed by atoms with E-state index >= 15 is 0 Å². The second-order valence-corrected chi connectivity index (χ2v) is 7.09. The Balaban J connectivity index is 1.24. The number of carbonyl (C=O) groups excluding carboxylic acids is 2. The zero-order chi connectivity index (χ0) is 17.2. The lowest BCUT2D eigenvalue weighted by Crippen LogP contribution is -2.38. The predicted molar refractivity (Wildman–Crippen MR) is 97.0 cm³/mol. The van der Waals surface area contributed by atoms with Crippen LogP contribution >= 0.6 is 0 Å². The van der Waals surface area contributed by atoms with Gasteiger partial charge in [0, 0.05) is 38.0 Å². The van der Waals surface area contributed by atoms with Gasteiger partial charge in [0.15, 0.2) is 0 Å². The van der Waals surface area contributed by atoms with E-state index in [1.807, 2.05) is 23.1 Å². The molecule has 0 radical (unpaired) electrons. The first-order chi connectivity index (χ1) is 12.2. The standard InChI is InChI=1S/C20H23N3O2/c24-19-10-15(13-23(19)18-7-8-18)12-22-20(25)21-11-14-5-6-16-3-1-2-4-17(16)9-14/h1-6,9,15,18H,7-8,10-13H2,(H2,21,22,25). The van der Waals surface area contributed by atoms with Crippen molar-refractivity contribution >= 4 is 22.7 Å². The summed E-state index contributed by atoms with van der Waals surface area (Å²) >= 11 is 0. The van der Waals surface area contributed by atoms with E-state index < -0.39 is 0 Å². The Morgan fingerprint density at radius 3 is 2.68 bits per heavy atom. The van der Waals surface area contributed by atoms with Crippen LogP contribution in [0.25, 0.3) is 10.8 Å². The summed E-state index contributed by atoms with van der Waals surface area (Å²) in [7, 11) is 0. The molecule has 1 saturated carbocycles. The lowest BCUT2D eigenvalue weighted by Gasteiger charge is -2.16. The first kappa shape index (κ1) is 15.9. The zero-order valence-corrected chi connectivity index (χ0v) is 14.2. The second kappa shape index (κ2) is 6.75. The van der Waals surface area contributed by atoms with Gasteiger partial charge in [-0.15, -0.1) is 0 Å². The SMILES string of the molecule is O=C(NCc1ccc2ccccc2c1)NCC1CC(=O)N(C2CC2)C1. The molecule has 5 nitrogen and oxygen atoms in total. The molecular formula is C20H23N3O2. The average molecular weight is 337 g/mol. The van der Waals surface area contributed by atoms with Gasteiger partial charge in [0.2, 0.25) is 5.91 Å². The van der Waals surface area contributed by atoms with Crippen molar-refractivity contribution in [2.75, 3.05) is 13.1 Å². The summed E-state index contributed by atoms with van der Waals surface area (Å²) in [5, 5.41) is 8.17. The molecule has 2 N–H and O–H groups in total.